The van der Waals surface area contributed by atoms with Crippen LogP contribution in [0.25, 0.3) is 0 Å². The van der Waals surface area contributed by atoms with Crippen LogP contribution < -0.4 is 0 Å². The van der Waals surface area contributed by atoms with Crippen LogP contribution in [0.1, 0.15) is 33.6 Å². The largest absolute Gasteiger partial charge is 0.472 e. The second-order valence-electron chi connectivity index (χ2n) is 9.40. The molecule has 1 saturated heterocycles. The van der Waals surface area contributed by atoms with Gasteiger partial charge in [-0.05, 0) is 19.3 Å². The molecular weight excluding hydrogens is 428 g/mol. The first-order chi connectivity index (χ1) is 15.0. The second-order valence-corrected chi connectivity index (χ2v) is 9.40. The van der Waals surface area contributed by atoms with Crippen molar-refractivity contribution >= 4 is 5.97 Å². The first-order valence-electron chi connectivity index (χ1n) is 10.8. The predicted octanol–water partition coefficient (Wildman–Crippen LogP) is -1.62. The molecule has 11 nitrogen and oxygen atoms in total. The van der Waals surface area contributed by atoms with Gasteiger partial charge in [-0.15, -0.1) is 0 Å². The Morgan fingerprint density at radius 3 is 2.50 bits per heavy atom. The van der Waals surface area contributed by atoms with Gasteiger partial charge in [-0.25, -0.2) is 0 Å². The second kappa shape index (κ2) is 9.90. The van der Waals surface area contributed by atoms with E-state index in [4.69, 9.17) is 18.9 Å². The van der Waals surface area contributed by atoms with Crippen LogP contribution in [0.5, 0.6) is 0 Å². The van der Waals surface area contributed by atoms with Crippen LogP contribution in [0, 0.1) is 17.8 Å². The molecule has 3 rings (SSSR count). The monoisotopic (exact) mass is 462 g/mol. The molecule has 6 N–H and O–H groups in total. The molecule has 3 aliphatic rings. The van der Waals surface area contributed by atoms with E-state index in [1.807, 2.05) is 13.8 Å². The summed E-state index contributed by atoms with van der Waals surface area (Å²) in [4.78, 5) is 11.9. The highest BCUT2D eigenvalue weighted by atomic mass is 16.8. The summed E-state index contributed by atoms with van der Waals surface area (Å²) in [6.07, 6.45) is -8.00. The van der Waals surface area contributed by atoms with Crippen LogP contribution in [0.15, 0.2) is 11.8 Å². The molecule has 0 amide bonds. The molecule has 1 saturated carbocycles. The summed E-state index contributed by atoms with van der Waals surface area (Å²) in [5, 5.41) is 61.0. The Balaban J connectivity index is 1.76. The summed E-state index contributed by atoms with van der Waals surface area (Å²) in [7, 11) is 0. The van der Waals surface area contributed by atoms with Gasteiger partial charge in [0, 0.05) is 17.9 Å². The Labute approximate surface area is 186 Å². The first kappa shape index (κ1) is 25.3. The van der Waals surface area contributed by atoms with Crippen LogP contribution >= 0.6 is 0 Å². The number of rotatable bonds is 7. The molecule has 0 aromatic heterocycles. The van der Waals surface area contributed by atoms with Crippen LogP contribution in [-0.2, 0) is 23.7 Å². The molecule has 1 aliphatic carbocycles. The van der Waals surface area contributed by atoms with Gasteiger partial charge in [0.05, 0.1) is 30.5 Å². The molecule has 2 aliphatic heterocycles. The van der Waals surface area contributed by atoms with Crippen molar-refractivity contribution in [3.05, 3.63) is 11.8 Å². The molecule has 2 fully saturated rings. The van der Waals surface area contributed by atoms with E-state index in [1.165, 1.54) is 13.2 Å². The van der Waals surface area contributed by atoms with Gasteiger partial charge in [-0.2, -0.15) is 0 Å². The van der Waals surface area contributed by atoms with Crippen molar-refractivity contribution in [2.75, 3.05) is 13.2 Å². The third-order valence-electron chi connectivity index (χ3n) is 6.47. The number of aliphatic hydroxyl groups is 6. The topological polar surface area (TPSA) is 175 Å². The Kier molecular flexibility index (Phi) is 7.83. The quantitative estimate of drug-likeness (QED) is 0.240. The smallest absolute Gasteiger partial charge is 0.306 e. The van der Waals surface area contributed by atoms with Crippen molar-refractivity contribution in [2.24, 2.45) is 17.8 Å². The first-order valence-corrected chi connectivity index (χ1v) is 10.8. The summed E-state index contributed by atoms with van der Waals surface area (Å²) >= 11 is 0. The molecule has 11 heteroatoms. The number of aliphatic hydroxyl groups excluding tert-OH is 5. The van der Waals surface area contributed by atoms with E-state index >= 15 is 0 Å². The molecule has 10 unspecified atom stereocenters. The zero-order valence-electron chi connectivity index (χ0n) is 18.4. The standard InChI is InChI=1S/C21H34O11/c1-9(2)4-14(24)29-7-10-8-30-19(15-11(10)5-13(23)21(15,3)28)32-20-18(27)17(26)16(25)12(6-22)31-20/h8-9,11-13,15-20,22-23,25-28H,4-7H2,1-3H3. The highest BCUT2D eigenvalue weighted by Gasteiger charge is 2.59. The minimum atomic E-state index is -1.64. The van der Waals surface area contributed by atoms with Crippen molar-refractivity contribution in [3.63, 3.8) is 0 Å². The van der Waals surface area contributed by atoms with E-state index < -0.39 is 67.1 Å². The number of carbonyl (C=O) groups is 1. The van der Waals surface area contributed by atoms with Gasteiger partial charge < -0.3 is 49.6 Å². The molecule has 0 bridgehead atoms. The number of carbonyl (C=O) groups excluding carboxylic acids is 1. The maximum Gasteiger partial charge on any atom is 0.306 e. The molecule has 0 spiro atoms. The Hall–Kier alpha value is -1.31. The van der Waals surface area contributed by atoms with Crippen molar-refractivity contribution in [3.8, 4) is 0 Å². The van der Waals surface area contributed by atoms with Gasteiger partial charge in [-0.1, -0.05) is 13.8 Å². The summed E-state index contributed by atoms with van der Waals surface area (Å²) in [6.45, 7) is 4.54. The predicted molar refractivity (Wildman–Crippen MR) is 106 cm³/mol. The molecule has 2 heterocycles. The van der Waals surface area contributed by atoms with E-state index in [2.05, 4.69) is 0 Å². The van der Waals surface area contributed by atoms with Crippen LogP contribution in [0.3, 0.4) is 0 Å². The van der Waals surface area contributed by atoms with Crippen LogP contribution in [0.2, 0.25) is 0 Å². The van der Waals surface area contributed by atoms with E-state index in [9.17, 15) is 35.4 Å². The number of fused-ring (bicyclic) bond motifs is 1. The van der Waals surface area contributed by atoms with Crippen LogP contribution in [-0.4, -0.2) is 98.5 Å². The fourth-order valence-electron chi connectivity index (χ4n) is 4.55. The van der Waals surface area contributed by atoms with Gasteiger partial charge in [0.1, 0.15) is 31.0 Å². The highest BCUT2D eigenvalue weighted by molar-refractivity contribution is 5.69. The summed E-state index contributed by atoms with van der Waals surface area (Å²) in [5.74, 6) is -1.50. The third-order valence-corrected chi connectivity index (χ3v) is 6.47. The number of esters is 1. The lowest BCUT2D eigenvalue weighted by Crippen LogP contribution is -2.61. The minimum absolute atomic E-state index is 0.0672. The number of hydrogen-bond acceptors (Lipinski definition) is 11. The SMILES string of the molecule is CC(C)CC(=O)OCC1=COC(OC2OC(CO)C(O)C(O)C2O)C2C1CC(O)C2(C)O. The minimum Gasteiger partial charge on any atom is -0.472 e. The molecule has 0 aromatic carbocycles. The fourth-order valence-corrected chi connectivity index (χ4v) is 4.55. The van der Waals surface area contributed by atoms with Gasteiger partial charge in [-0.3, -0.25) is 4.79 Å². The molecule has 0 radical (unpaired) electrons. The van der Waals surface area contributed by atoms with Gasteiger partial charge in [0.25, 0.3) is 0 Å². The third kappa shape index (κ3) is 4.95. The van der Waals surface area contributed by atoms with Gasteiger partial charge in [0.2, 0.25) is 6.29 Å². The Morgan fingerprint density at radius 2 is 1.88 bits per heavy atom. The summed E-state index contributed by atoms with van der Waals surface area (Å²) in [5.41, 5.74) is -1.07. The Morgan fingerprint density at radius 1 is 1.19 bits per heavy atom. The number of hydrogen-bond donors (Lipinski definition) is 6. The zero-order chi connectivity index (χ0) is 23.8. The lowest BCUT2D eigenvalue weighted by molar-refractivity contribution is -0.347. The summed E-state index contributed by atoms with van der Waals surface area (Å²) < 4.78 is 22.0. The maximum atomic E-state index is 11.9. The van der Waals surface area contributed by atoms with Crippen LogP contribution in [0.4, 0.5) is 0 Å². The highest BCUT2D eigenvalue weighted by Crippen LogP contribution is 2.49. The zero-order valence-corrected chi connectivity index (χ0v) is 18.4. The fraction of sp³-hybridized carbons (Fsp3) is 0.857. The summed E-state index contributed by atoms with van der Waals surface area (Å²) in [6, 6.07) is 0. The molecule has 10 atom stereocenters. The molecule has 184 valence electrons. The normalized spacial score (nSPS) is 44.1. The lowest BCUT2D eigenvalue weighted by atomic mass is 9.81. The average molecular weight is 462 g/mol. The van der Waals surface area contributed by atoms with E-state index in [0.717, 1.165) is 0 Å². The molecular formula is C21H34O11. The van der Waals surface area contributed by atoms with Gasteiger partial charge in [0.15, 0.2) is 6.29 Å². The average Bonchev–Trinajstić information content (AvgIpc) is 2.96. The molecule has 32 heavy (non-hydrogen) atoms. The maximum absolute atomic E-state index is 11.9. The van der Waals surface area contributed by atoms with Crippen molar-refractivity contribution < 1.29 is 54.4 Å². The van der Waals surface area contributed by atoms with E-state index in [0.29, 0.717) is 5.57 Å². The van der Waals surface area contributed by atoms with Gasteiger partial charge >= 0.3 is 5.97 Å². The van der Waals surface area contributed by atoms with Crippen molar-refractivity contribution in [1.82, 2.24) is 0 Å². The Bertz CT molecular complexity index is 691. The van der Waals surface area contributed by atoms with Crippen molar-refractivity contribution in [1.29, 1.82) is 0 Å². The van der Waals surface area contributed by atoms with E-state index in [1.54, 1.807) is 0 Å². The van der Waals surface area contributed by atoms with Crippen molar-refractivity contribution in [2.45, 2.75) is 82.3 Å². The molecule has 0 aromatic rings. The van der Waals surface area contributed by atoms with E-state index in [-0.39, 0.29) is 31.3 Å². The number of ether oxygens (including phenoxy) is 4. The lowest BCUT2D eigenvalue weighted by Gasteiger charge is -2.44.